The molecule has 0 amide bonds. The van der Waals surface area contributed by atoms with Gasteiger partial charge in [0.15, 0.2) is 0 Å². The van der Waals surface area contributed by atoms with Crippen molar-refractivity contribution >= 4 is 10.2 Å². The number of nitrogens with zero attached hydrogens (tertiary/aromatic N) is 2. The van der Waals surface area contributed by atoms with E-state index < -0.39 is 10.2 Å². The van der Waals surface area contributed by atoms with E-state index in [0.717, 1.165) is 13.0 Å². The number of morpholine rings is 1. The van der Waals surface area contributed by atoms with Crippen LogP contribution in [-0.2, 0) is 14.9 Å². The third kappa shape index (κ3) is 4.96. The molecule has 1 N–H and O–H groups in total. The summed E-state index contributed by atoms with van der Waals surface area (Å²) in [7, 11) is -1.74. The Labute approximate surface area is 123 Å². The molecule has 2 unspecified atom stereocenters. The van der Waals surface area contributed by atoms with Gasteiger partial charge in [-0.2, -0.15) is 17.0 Å². The summed E-state index contributed by atoms with van der Waals surface area (Å²) in [4.78, 5) is 0. The second-order valence-corrected chi connectivity index (χ2v) is 7.84. The van der Waals surface area contributed by atoms with Crippen molar-refractivity contribution in [3.8, 4) is 0 Å². The van der Waals surface area contributed by atoms with E-state index in [0.29, 0.717) is 25.7 Å². The first-order valence-electron chi connectivity index (χ1n) is 7.33. The van der Waals surface area contributed by atoms with Crippen LogP contribution in [0.25, 0.3) is 0 Å². The molecule has 0 aliphatic carbocycles. The van der Waals surface area contributed by atoms with Crippen LogP contribution in [0, 0.1) is 0 Å². The van der Waals surface area contributed by atoms with Gasteiger partial charge in [-0.3, -0.25) is 0 Å². The van der Waals surface area contributed by atoms with Gasteiger partial charge in [0.1, 0.15) is 0 Å². The van der Waals surface area contributed by atoms with Gasteiger partial charge in [0.05, 0.1) is 12.7 Å². The lowest BCUT2D eigenvalue weighted by Crippen LogP contribution is -2.54. The van der Waals surface area contributed by atoms with Crippen LogP contribution in [0.1, 0.15) is 34.1 Å². The number of nitrogens with one attached hydrogen (secondary N) is 1. The summed E-state index contributed by atoms with van der Waals surface area (Å²) in [6.45, 7) is 10.2. The normalized spacial score (nSPS) is 25.6. The molecule has 1 aliphatic heterocycles. The highest BCUT2D eigenvalue weighted by Gasteiger charge is 2.35. The van der Waals surface area contributed by atoms with Gasteiger partial charge in [-0.15, -0.1) is 0 Å². The van der Waals surface area contributed by atoms with E-state index in [1.807, 2.05) is 13.8 Å². The van der Waals surface area contributed by atoms with Crippen molar-refractivity contribution < 1.29 is 13.2 Å². The van der Waals surface area contributed by atoms with Crippen LogP contribution in [0.4, 0.5) is 0 Å². The van der Waals surface area contributed by atoms with Gasteiger partial charge >= 0.3 is 0 Å². The third-order valence-electron chi connectivity index (χ3n) is 3.44. The van der Waals surface area contributed by atoms with Crippen molar-refractivity contribution in [2.75, 3.05) is 33.3 Å². The fraction of sp³-hybridized carbons (Fsp3) is 1.00. The first-order valence-corrected chi connectivity index (χ1v) is 8.73. The molecule has 1 fully saturated rings. The maximum Gasteiger partial charge on any atom is 0.282 e. The predicted octanol–water partition coefficient (Wildman–Crippen LogP) is 0.660. The molecule has 1 aliphatic rings. The summed E-state index contributed by atoms with van der Waals surface area (Å²) in [6, 6.07) is 0.324. The van der Waals surface area contributed by atoms with Crippen molar-refractivity contribution in [1.82, 2.24) is 13.9 Å². The molecule has 1 rings (SSSR count). The Kier molecular flexibility index (Phi) is 6.87. The van der Waals surface area contributed by atoms with Crippen molar-refractivity contribution in [2.45, 2.75) is 52.3 Å². The molecular weight excluding hydrogens is 278 g/mol. The number of hydrogen-bond donors (Lipinski definition) is 1. The molecule has 2 atom stereocenters. The Balaban J connectivity index is 2.53. The zero-order chi connectivity index (χ0) is 15.3. The average Bonchev–Trinajstić information content (AvgIpc) is 2.36. The Morgan fingerprint density at radius 2 is 2.05 bits per heavy atom. The lowest BCUT2D eigenvalue weighted by molar-refractivity contribution is -0.0188. The van der Waals surface area contributed by atoms with E-state index in [4.69, 9.17) is 4.74 Å². The molecule has 120 valence electrons. The molecule has 0 bridgehead atoms. The molecule has 0 saturated carbocycles. The summed E-state index contributed by atoms with van der Waals surface area (Å²) >= 11 is 0. The quantitative estimate of drug-likeness (QED) is 0.702. The Bertz CT molecular complexity index is 386. The summed E-state index contributed by atoms with van der Waals surface area (Å²) in [5.74, 6) is 0. The number of rotatable bonds is 7. The summed E-state index contributed by atoms with van der Waals surface area (Å²) < 4.78 is 33.6. The molecule has 0 spiro atoms. The van der Waals surface area contributed by atoms with Gasteiger partial charge in [0, 0.05) is 32.2 Å². The Morgan fingerprint density at radius 3 is 2.65 bits per heavy atom. The summed E-state index contributed by atoms with van der Waals surface area (Å²) in [6.07, 6.45) is 0.763. The van der Waals surface area contributed by atoms with E-state index in [9.17, 15) is 8.42 Å². The van der Waals surface area contributed by atoms with Crippen molar-refractivity contribution in [3.05, 3.63) is 0 Å². The van der Waals surface area contributed by atoms with E-state index in [2.05, 4.69) is 19.2 Å². The number of ether oxygens (including phenoxy) is 1. The average molecular weight is 307 g/mol. The second-order valence-electron chi connectivity index (χ2n) is 5.85. The highest BCUT2D eigenvalue weighted by Crippen LogP contribution is 2.18. The van der Waals surface area contributed by atoms with E-state index in [-0.39, 0.29) is 12.1 Å². The van der Waals surface area contributed by atoms with Crippen LogP contribution in [-0.4, -0.2) is 68.5 Å². The fourth-order valence-electron chi connectivity index (χ4n) is 2.18. The van der Waals surface area contributed by atoms with Gasteiger partial charge in [0.2, 0.25) is 0 Å². The van der Waals surface area contributed by atoms with E-state index in [1.165, 1.54) is 4.31 Å². The van der Waals surface area contributed by atoms with Crippen LogP contribution >= 0.6 is 0 Å². The molecule has 0 aromatic carbocycles. The van der Waals surface area contributed by atoms with Gasteiger partial charge in [-0.25, -0.2) is 0 Å². The molecule has 7 heteroatoms. The van der Waals surface area contributed by atoms with Crippen LogP contribution < -0.4 is 5.32 Å². The fourth-order valence-corrected chi connectivity index (χ4v) is 3.81. The molecule has 0 radical (unpaired) electrons. The first kappa shape index (κ1) is 17.8. The maximum absolute atomic E-state index is 12.5. The van der Waals surface area contributed by atoms with Gasteiger partial charge in [-0.05, 0) is 26.8 Å². The van der Waals surface area contributed by atoms with Crippen LogP contribution in [0.2, 0.25) is 0 Å². The van der Waals surface area contributed by atoms with Crippen molar-refractivity contribution in [1.29, 1.82) is 0 Å². The molecule has 20 heavy (non-hydrogen) atoms. The molecule has 0 aromatic rings. The van der Waals surface area contributed by atoms with Gasteiger partial charge in [0.25, 0.3) is 10.2 Å². The largest absolute Gasteiger partial charge is 0.375 e. The monoisotopic (exact) mass is 307 g/mol. The second kappa shape index (κ2) is 7.70. The van der Waals surface area contributed by atoms with Gasteiger partial charge in [-0.1, -0.05) is 13.8 Å². The molecule has 6 nitrogen and oxygen atoms in total. The number of hydrogen-bond acceptors (Lipinski definition) is 4. The highest BCUT2D eigenvalue weighted by molar-refractivity contribution is 7.86. The molecule has 1 saturated heterocycles. The first-order chi connectivity index (χ1) is 9.25. The lowest BCUT2D eigenvalue weighted by atomic mass is 10.2. The van der Waals surface area contributed by atoms with Gasteiger partial charge < -0.3 is 10.1 Å². The molecule has 1 heterocycles. The minimum absolute atomic E-state index is 0.0445. The summed E-state index contributed by atoms with van der Waals surface area (Å²) in [5, 5.41) is 3.29. The maximum atomic E-state index is 12.5. The zero-order valence-electron chi connectivity index (χ0n) is 13.3. The zero-order valence-corrected chi connectivity index (χ0v) is 14.1. The highest BCUT2D eigenvalue weighted by atomic mass is 32.2. The minimum Gasteiger partial charge on any atom is -0.375 e. The lowest BCUT2D eigenvalue weighted by Gasteiger charge is -2.37. The topological polar surface area (TPSA) is 61.9 Å². The smallest absolute Gasteiger partial charge is 0.282 e. The Morgan fingerprint density at radius 1 is 1.40 bits per heavy atom. The predicted molar refractivity (Wildman–Crippen MR) is 80.9 cm³/mol. The van der Waals surface area contributed by atoms with E-state index in [1.54, 1.807) is 11.4 Å². The summed E-state index contributed by atoms with van der Waals surface area (Å²) in [5.41, 5.74) is 0. The standard InChI is InChI=1S/C13H29N3O3S/c1-11(2)14-7-6-8-15(5)20(17,18)16-9-13(4)19-10-12(16)3/h11-14H,6-10H2,1-5H3. The van der Waals surface area contributed by atoms with E-state index >= 15 is 0 Å². The SMILES string of the molecule is CC(C)NCCCN(C)S(=O)(=O)N1CC(C)OCC1C. The Hall–Kier alpha value is -0.210. The van der Waals surface area contributed by atoms with Crippen LogP contribution in [0.3, 0.4) is 0 Å². The molecular formula is C13H29N3O3S. The molecule has 0 aromatic heterocycles. The van der Waals surface area contributed by atoms with Crippen molar-refractivity contribution in [2.24, 2.45) is 0 Å². The van der Waals surface area contributed by atoms with Crippen LogP contribution in [0.15, 0.2) is 0 Å². The minimum atomic E-state index is -3.39. The third-order valence-corrected chi connectivity index (χ3v) is 5.52. The van der Waals surface area contributed by atoms with Crippen molar-refractivity contribution in [3.63, 3.8) is 0 Å². The van der Waals surface area contributed by atoms with Crippen LogP contribution in [0.5, 0.6) is 0 Å².